The van der Waals surface area contributed by atoms with Crippen molar-refractivity contribution >= 4 is 11.8 Å². The molecule has 0 aliphatic carbocycles. The molecule has 0 saturated heterocycles. The molecule has 0 unspecified atom stereocenters. The van der Waals surface area contributed by atoms with E-state index in [0.717, 1.165) is 33.4 Å². The lowest BCUT2D eigenvalue weighted by Crippen LogP contribution is -2.01. The summed E-state index contributed by atoms with van der Waals surface area (Å²) in [5, 5.41) is 12.8. The van der Waals surface area contributed by atoms with Crippen LogP contribution in [0, 0.1) is 20.8 Å². The summed E-state index contributed by atoms with van der Waals surface area (Å²) in [6, 6.07) is 8.10. The fourth-order valence-corrected chi connectivity index (χ4v) is 3.38. The number of benzene rings is 1. The number of rotatable bonds is 5. The molecule has 0 N–H and O–H groups in total. The Morgan fingerprint density at radius 2 is 1.88 bits per heavy atom. The Morgan fingerprint density at radius 3 is 2.58 bits per heavy atom. The van der Waals surface area contributed by atoms with Gasteiger partial charge in [-0.2, -0.15) is 4.68 Å². The van der Waals surface area contributed by atoms with Crippen LogP contribution in [0.4, 0.5) is 0 Å². The van der Waals surface area contributed by atoms with Gasteiger partial charge in [-0.1, -0.05) is 29.5 Å². The van der Waals surface area contributed by atoms with Crippen molar-refractivity contribution in [3.05, 3.63) is 52.8 Å². The summed E-state index contributed by atoms with van der Waals surface area (Å²) in [7, 11) is 1.68. The molecule has 0 bridgehead atoms. The van der Waals surface area contributed by atoms with Gasteiger partial charge in [0.05, 0.1) is 18.5 Å². The molecule has 3 rings (SSSR count). The summed E-state index contributed by atoms with van der Waals surface area (Å²) in [5.74, 6) is 1.56. The van der Waals surface area contributed by atoms with Crippen LogP contribution in [0.2, 0.25) is 0 Å². The van der Waals surface area contributed by atoms with E-state index in [4.69, 9.17) is 4.74 Å². The largest absolute Gasteiger partial charge is 0.496 e. The number of tetrazole rings is 1. The highest BCUT2D eigenvalue weighted by atomic mass is 32.2. The number of methoxy groups -OCH3 is 1. The van der Waals surface area contributed by atoms with E-state index in [0.29, 0.717) is 5.75 Å². The van der Waals surface area contributed by atoms with E-state index in [1.165, 1.54) is 5.56 Å². The van der Waals surface area contributed by atoms with Crippen LogP contribution in [0.3, 0.4) is 0 Å². The smallest absolute Gasteiger partial charge is 0.214 e. The lowest BCUT2D eigenvalue weighted by atomic mass is 10.1. The molecule has 0 spiro atoms. The van der Waals surface area contributed by atoms with Gasteiger partial charge in [0.2, 0.25) is 5.16 Å². The fourth-order valence-electron chi connectivity index (χ4n) is 2.47. The standard InChI is InChI=1S/C17H19N5OS/c1-11-5-7-14(8-6-11)22-17(19-20-21-22)24-10-15-13(3)16(23-4)12(2)9-18-15/h5-9H,10H2,1-4H3. The van der Waals surface area contributed by atoms with E-state index in [9.17, 15) is 0 Å². The first-order valence-electron chi connectivity index (χ1n) is 7.57. The van der Waals surface area contributed by atoms with Gasteiger partial charge in [0.15, 0.2) is 0 Å². The van der Waals surface area contributed by atoms with Crippen LogP contribution in [-0.2, 0) is 5.75 Å². The van der Waals surface area contributed by atoms with Crippen LogP contribution in [0.1, 0.15) is 22.4 Å². The third-order valence-electron chi connectivity index (χ3n) is 3.81. The molecule has 3 aromatic rings. The van der Waals surface area contributed by atoms with Crippen molar-refractivity contribution in [2.75, 3.05) is 7.11 Å². The van der Waals surface area contributed by atoms with E-state index < -0.39 is 0 Å². The Balaban J connectivity index is 1.82. The highest BCUT2D eigenvalue weighted by Gasteiger charge is 2.13. The summed E-state index contributed by atoms with van der Waals surface area (Å²) in [4.78, 5) is 4.52. The van der Waals surface area contributed by atoms with Crippen molar-refractivity contribution in [2.45, 2.75) is 31.7 Å². The summed E-state index contributed by atoms with van der Waals surface area (Å²) in [6.07, 6.45) is 1.84. The van der Waals surface area contributed by atoms with Crippen LogP contribution in [0.5, 0.6) is 5.75 Å². The first-order chi connectivity index (χ1) is 11.6. The molecule has 7 heteroatoms. The topological polar surface area (TPSA) is 65.7 Å². The molecule has 24 heavy (non-hydrogen) atoms. The quantitative estimate of drug-likeness (QED) is 0.664. The maximum absolute atomic E-state index is 5.46. The zero-order valence-corrected chi connectivity index (χ0v) is 15.0. The molecule has 124 valence electrons. The van der Waals surface area contributed by atoms with Crippen LogP contribution in [0.25, 0.3) is 5.69 Å². The third-order valence-corrected chi connectivity index (χ3v) is 4.74. The predicted molar refractivity (Wildman–Crippen MR) is 93.7 cm³/mol. The molecule has 2 aromatic heterocycles. The van der Waals surface area contributed by atoms with Crippen LogP contribution in [0.15, 0.2) is 35.6 Å². The van der Waals surface area contributed by atoms with Crippen molar-refractivity contribution in [1.29, 1.82) is 0 Å². The number of ether oxygens (including phenoxy) is 1. The summed E-state index contributed by atoms with van der Waals surface area (Å²) >= 11 is 1.55. The molecule has 0 aliphatic rings. The average Bonchev–Trinajstić information content (AvgIpc) is 3.04. The summed E-state index contributed by atoms with van der Waals surface area (Å²) in [5.41, 5.74) is 5.21. The predicted octanol–water partition coefficient (Wildman–Crippen LogP) is 3.28. The minimum Gasteiger partial charge on any atom is -0.496 e. The van der Waals surface area contributed by atoms with Crippen molar-refractivity contribution in [2.24, 2.45) is 0 Å². The molecular formula is C17H19N5OS. The second-order valence-corrected chi connectivity index (χ2v) is 6.49. The molecular weight excluding hydrogens is 322 g/mol. The van der Waals surface area contributed by atoms with Gasteiger partial charge in [-0.3, -0.25) is 4.98 Å². The molecule has 0 radical (unpaired) electrons. The summed E-state index contributed by atoms with van der Waals surface area (Å²) < 4.78 is 7.20. The first kappa shape index (κ1) is 16.4. The van der Waals surface area contributed by atoms with Crippen LogP contribution in [-0.4, -0.2) is 32.3 Å². The van der Waals surface area contributed by atoms with Gasteiger partial charge < -0.3 is 4.74 Å². The Labute approximate surface area is 145 Å². The number of aromatic nitrogens is 5. The van der Waals surface area contributed by atoms with Crippen LogP contribution >= 0.6 is 11.8 Å². The number of pyridine rings is 1. The Morgan fingerprint density at radius 1 is 1.12 bits per heavy atom. The monoisotopic (exact) mass is 341 g/mol. The zero-order valence-electron chi connectivity index (χ0n) is 14.1. The van der Waals surface area contributed by atoms with Crippen molar-refractivity contribution in [1.82, 2.24) is 25.2 Å². The van der Waals surface area contributed by atoms with E-state index in [1.54, 1.807) is 23.6 Å². The van der Waals surface area contributed by atoms with Gasteiger partial charge in [-0.25, -0.2) is 0 Å². The van der Waals surface area contributed by atoms with Crippen molar-refractivity contribution < 1.29 is 4.74 Å². The second-order valence-electron chi connectivity index (χ2n) is 5.54. The minimum atomic E-state index is 0.675. The lowest BCUT2D eigenvalue weighted by molar-refractivity contribution is 0.407. The van der Waals surface area contributed by atoms with E-state index in [-0.39, 0.29) is 0 Å². The maximum atomic E-state index is 5.46. The number of hydrogen-bond acceptors (Lipinski definition) is 6. The molecule has 0 aliphatic heterocycles. The van der Waals surface area contributed by atoms with Crippen molar-refractivity contribution in [3.63, 3.8) is 0 Å². The van der Waals surface area contributed by atoms with Gasteiger partial charge in [0.1, 0.15) is 5.75 Å². The van der Waals surface area contributed by atoms with Gasteiger partial charge in [0, 0.05) is 23.1 Å². The molecule has 0 amide bonds. The molecule has 1 aromatic carbocycles. The van der Waals surface area contributed by atoms with E-state index >= 15 is 0 Å². The van der Waals surface area contributed by atoms with Gasteiger partial charge in [-0.15, -0.1) is 5.10 Å². The SMILES string of the molecule is COc1c(C)cnc(CSc2nnnn2-c2ccc(C)cc2)c1C. The molecule has 0 fully saturated rings. The first-order valence-corrected chi connectivity index (χ1v) is 8.56. The number of hydrogen-bond donors (Lipinski definition) is 0. The minimum absolute atomic E-state index is 0.675. The maximum Gasteiger partial charge on any atom is 0.214 e. The van der Waals surface area contributed by atoms with E-state index in [1.807, 2.05) is 44.3 Å². The number of thioether (sulfide) groups is 1. The number of aryl methyl sites for hydroxylation is 2. The highest BCUT2D eigenvalue weighted by molar-refractivity contribution is 7.98. The van der Waals surface area contributed by atoms with E-state index in [2.05, 4.69) is 27.4 Å². The molecule has 0 saturated carbocycles. The van der Waals surface area contributed by atoms with Gasteiger partial charge >= 0.3 is 0 Å². The normalized spacial score (nSPS) is 10.8. The average molecular weight is 341 g/mol. The molecule has 0 atom stereocenters. The van der Waals surface area contributed by atoms with Gasteiger partial charge in [-0.05, 0) is 43.3 Å². The second kappa shape index (κ2) is 7.00. The van der Waals surface area contributed by atoms with Crippen molar-refractivity contribution in [3.8, 4) is 11.4 Å². The third kappa shape index (κ3) is 3.26. The zero-order chi connectivity index (χ0) is 17.1. The fraction of sp³-hybridized carbons (Fsp3) is 0.294. The Hall–Kier alpha value is -2.41. The Bertz CT molecular complexity index is 845. The van der Waals surface area contributed by atoms with Crippen LogP contribution < -0.4 is 4.74 Å². The Kier molecular flexibility index (Phi) is 4.80. The molecule has 2 heterocycles. The highest BCUT2D eigenvalue weighted by Crippen LogP contribution is 2.28. The van der Waals surface area contributed by atoms with Gasteiger partial charge in [0.25, 0.3) is 0 Å². The lowest BCUT2D eigenvalue weighted by Gasteiger charge is -2.11. The molecule has 6 nitrogen and oxygen atoms in total. The summed E-state index contributed by atoms with van der Waals surface area (Å²) in [6.45, 7) is 6.07. The number of nitrogens with zero attached hydrogens (tertiary/aromatic N) is 5.